The van der Waals surface area contributed by atoms with Crippen LogP contribution in [0.1, 0.15) is 20.8 Å². The van der Waals surface area contributed by atoms with Crippen LogP contribution in [0.15, 0.2) is 0 Å². The van der Waals surface area contributed by atoms with E-state index in [1.165, 1.54) is 0 Å². The molecule has 0 radical (unpaired) electrons. The van der Waals surface area contributed by atoms with Crippen LogP contribution in [0.25, 0.3) is 0 Å². The van der Waals surface area contributed by atoms with Crippen LogP contribution < -0.4 is 0 Å². The Morgan fingerprint density at radius 2 is 1.14 bits per heavy atom. The molecule has 0 spiro atoms. The molecule has 0 amide bonds. The van der Waals surface area contributed by atoms with Crippen LogP contribution >= 0.6 is 0 Å². The monoisotopic (exact) mass is 208 g/mol. The molecule has 0 saturated carbocycles. The maximum atomic E-state index is 2.46. The summed E-state index contributed by atoms with van der Waals surface area (Å²) >= 11 is -0.951. The van der Waals surface area contributed by atoms with Crippen LogP contribution in [0.2, 0.25) is 13.3 Å². The first-order valence-electron chi connectivity index (χ1n) is 2.94. The molecule has 44 valence electrons. The van der Waals surface area contributed by atoms with Gasteiger partial charge < -0.3 is 0 Å². The molecular formula is C6H16Sn. The molecule has 0 fully saturated rings. The average molecular weight is 207 g/mol. The van der Waals surface area contributed by atoms with Crippen molar-refractivity contribution in [3.8, 4) is 0 Å². The number of hydrogen-bond acceptors (Lipinski definition) is 0. The summed E-state index contributed by atoms with van der Waals surface area (Å²) in [7, 11) is 0. The summed E-state index contributed by atoms with van der Waals surface area (Å²) in [5, 5.41) is 0. The summed E-state index contributed by atoms with van der Waals surface area (Å²) in [6.45, 7) is 7.06. The molecule has 0 nitrogen and oxygen atoms in total. The van der Waals surface area contributed by atoms with E-state index in [9.17, 15) is 0 Å². The first kappa shape index (κ1) is 7.80. The Morgan fingerprint density at radius 1 is 1.00 bits per heavy atom. The normalized spacial score (nSPS) is 12.9. The van der Waals surface area contributed by atoms with Gasteiger partial charge in [0, 0.05) is 0 Å². The van der Waals surface area contributed by atoms with Crippen LogP contribution in [-0.2, 0) is 0 Å². The van der Waals surface area contributed by atoms with Gasteiger partial charge in [-0.25, -0.2) is 0 Å². The third kappa shape index (κ3) is 3.39. The third-order valence-corrected chi connectivity index (χ3v) is 11.6. The van der Waals surface area contributed by atoms with Crippen molar-refractivity contribution in [2.45, 2.75) is 34.1 Å². The van der Waals surface area contributed by atoms with Crippen LogP contribution in [0, 0.1) is 0 Å². The second-order valence-electron chi connectivity index (χ2n) is 3.52. The third-order valence-electron chi connectivity index (χ3n) is 1.73. The van der Waals surface area contributed by atoms with Crippen molar-refractivity contribution >= 4 is 19.8 Å². The predicted octanol–water partition coefficient (Wildman–Crippen LogP) is 2.27. The SMILES string of the molecule is [CH3][SnH]([CH3])[C](C)(C)C. The molecule has 0 saturated heterocycles. The molecule has 0 rings (SSSR count). The number of rotatable bonds is 0. The Labute approximate surface area is 54.0 Å². The minimum atomic E-state index is -0.951. The molecule has 0 atom stereocenters. The molecular weight excluding hydrogens is 191 g/mol. The molecule has 0 N–H and O–H groups in total. The second kappa shape index (κ2) is 2.38. The van der Waals surface area contributed by atoms with Gasteiger partial charge >= 0.3 is 53.8 Å². The molecule has 7 heavy (non-hydrogen) atoms. The second-order valence-corrected chi connectivity index (χ2v) is 15.1. The van der Waals surface area contributed by atoms with Gasteiger partial charge in [0.2, 0.25) is 0 Å². The Bertz CT molecular complexity index is 49.7. The van der Waals surface area contributed by atoms with Gasteiger partial charge in [0.1, 0.15) is 0 Å². The zero-order valence-electron chi connectivity index (χ0n) is 6.08. The Kier molecular flexibility index (Phi) is 2.65. The molecule has 0 aromatic carbocycles. The van der Waals surface area contributed by atoms with E-state index in [0.717, 1.165) is 0 Å². The van der Waals surface area contributed by atoms with E-state index in [1.807, 2.05) is 0 Å². The zero-order chi connectivity index (χ0) is 6.08. The fraction of sp³-hybridized carbons (Fsp3) is 1.00. The molecule has 1 heteroatoms. The molecule has 0 heterocycles. The first-order valence-corrected chi connectivity index (χ1v) is 11.2. The van der Waals surface area contributed by atoms with E-state index in [-0.39, 0.29) is 0 Å². The summed E-state index contributed by atoms with van der Waals surface area (Å²) in [6, 6.07) is 0. The van der Waals surface area contributed by atoms with Gasteiger partial charge in [0.05, 0.1) is 0 Å². The summed E-state index contributed by atoms with van der Waals surface area (Å²) < 4.78 is 0.710. The minimum absolute atomic E-state index is 0.710. The molecule has 0 aromatic heterocycles. The van der Waals surface area contributed by atoms with Crippen LogP contribution in [-0.4, -0.2) is 19.8 Å². The fourth-order valence-corrected chi connectivity index (χ4v) is 0. The summed E-state index contributed by atoms with van der Waals surface area (Å²) in [4.78, 5) is 4.92. The van der Waals surface area contributed by atoms with Gasteiger partial charge in [-0.1, -0.05) is 0 Å². The molecule has 0 aliphatic heterocycles. The van der Waals surface area contributed by atoms with E-state index in [2.05, 4.69) is 30.7 Å². The fourth-order valence-electron chi connectivity index (χ4n) is 0. The van der Waals surface area contributed by atoms with Gasteiger partial charge in [0.15, 0.2) is 0 Å². The predicted molar refractivity (Wildman–Crippen MR) is 38.6 cm³/mol. The van der Waals surface area contributed by atoms with Crippen LogP contribution in [0.4, 0.5) is 0 Å². The Hall–Kier alpha value is 0.799. The molecule has 0 unspecified atom stereocenters. The molecule has 0 aromatic rings. The van der Waals surface area contributed by atoms with Gasteiger partial charge in [-0.3, -0.25) is 0 Å². The quantitative estimate of drug-likeness (QED) is 0.534. The van der Waals surface area contributed by atoms with Crippen molar-refractivity contribution < 1.29 is 0 Å². The van der Waals surface area contributed by atoms with E-state index in [0.29, 0.717) is 3.43 Å². The van der Waals surface area contributed by atoms with Crippen molar-refractivity contribution in [3.63, 3.8) is 0 Å². The van der Waals surface area contributed by atoms with Crippen molar-refractivity contribution in [1.82, 2.24) is 0 Å². The summed E-state index contributed by atoms with van der Waals surface area (Å²) in [5.74, 6) is 0. The number of hydrogen-bond donors (Lipinski definition) is 0. The van der Waals surface area contributed by atoms with Gasteiger partial charge in [-0.15, -0.1) is 0 Å². The maximum absolute atomic E-state index is 2.46. The molecule has 0 aliphatic rings. The molecule has 0 aliphatic carbocycles. The summed E-state index contributed by atoms with van der Waals surface area (Å²) in [5.41, 5.74) is 0. The van der Waals surface area contributed by atoms with Gasteiger partial charge in [0.25, 0.3) is 0 Å². The van der Waals surface area contributed by atoms with Crippen molar-refractivity contribution in [2.75, 3.05) is 0 Å². The summed E-state index contributed by atoms with van der Waals surface area (Å²) in [6.07, 6.45) is 0. The van der Waals surface area contributed by atoms with Crippen molar-refractivity contribution in [3.05, 3.63) is 0 Å². The van der Waals surface area contributed by atoms with Crippen LogP contribution in [0.3, 0.4) is 0 Å². The average Bonchev–Trinajstić information content (AvgIpc) is 1.31. The topological polar surface area (TPSA) is 0 Å². The van der Waals surface area contributed by atoms with Crippen molar-refractivity contribution in [1.29, 1.82) is 0 Å². The zero-order valence-corrected chi connectivity index (χ0v) is 9.37. The van der Waals surface area contributed by atoms with Gasteiger partial charge in [-0.05, 0) is 0 Å². The molecule has 0 bridgehead atoms. The van der Waals surface area contributed by atoms with Crippen molar-refractivity contribution in [2.24, 2.45) is 0 Å². The Morgan fingerprint density at radius 3 is 1.14 bits per heavy atom. The van der Waals surface area contributed by atoms with E-state index < -0.39 is 19.8 Å². The van der Waals surface area contributed by atoms with E-state index in [1.54, 1.807) is 0 Å². The standard InChI is InChI=1S/C4H9.2CH3.Sn.H/c1-4(2)3;;;;/h1-3H3;2*1H3;;. The van der Waals surface area contributed by atoms with Crippen LogP contribution in [0.5, 0.6) is 0 Å². The van der Waals surface area contributed by atoms with E-state index in [4.69, 9.17) is 0 Å². The Balaban J connectivity index is 3.54. The first-order chi connectivity index (χ1) is 2.94. The van der Waals surface area contributed by atoms with Gasteiger partial charge in [-0.2, -0.15) is 0 Å². The van der Waals surface area contributed by atoms with E-state index >= 15 is 0 Å².